The highest BCUT2D eigenvalue weighted by molar-refractivity contribution is 5.77. The maximum absolute atomic E-state index is 5.62. The van der Waals surface area contributed by atoms with Crippen molar-refractivity contribution in [2.24, 2.45) is 10.9 Å². The Bertz CT molecular complexity index is 223. The molecular weight excluding hydrogens is 210 g/mol. The fourth-order valence-electron chi connectivity index (χ4n) is 2.15. The molecule has 0 aliphatic carbocycles. The van der Waals surface area contributed by atoms with E-state index >= 15 is 0 Å². The summed E-state index contributed by atoms with van der Waals surface area (Å²) in [5, 5.41) is 0. The molecule has 1 aliphatic heterocycles. The zero-order chi connectivity index (χ0) is 12.5. The summed E-state index contributed by atoms with van der Waals surface area (Å²) < 4.78 is 5.62. The van der Waals surface area contributed by atoms with E-state index in [1.165, 1.54) is 44.9 Å². The summed E-state index contributed by atoms with van der Waals surface area (Å²) in [5.41, 5.74) is 0. The second-order valence-electron chi connectivity index (χ2n) is 5.52. The molecule has 0 aromatic heterocycles. The first-order chi connectivity index (χ1) is 8.24. The van der Waals surface area contributed by atoms with Gasteiger partial charge in [-0.2, -0.15) is 0 Å². The predicted octanol–water partition coefficient (Wildman–Crippen LogP) is 4.58. The first-order valence-corrected chi connectivity index (χ1v) is 7.43. The molecule has 0 saturated heterocycles. The highest BCUT2D eigenvalue weighted by Crippen LogP contribution is 2.17. The highest BCUT2D eigenvalue weighted by Gasteiger charge is 2.20. The first kappa shape index (κ1) is 14.5. The summed E-state index contributed by atoms with van der Waals surface area (Å²) >= 11 is 0. The average molecular weight is 239 g/mol. The number of nitrogens with zero attached hydrogens (tertiary/aromatic N) is 1. The van der Waals surface area contributed by atoms with Crippen LogP contribution >= 0.6 is 0 Å². The average Bonchev–Trinajstić information content (AvgIpc) is 2.77. The van der Waals surface area contributed by atoms with Gasteiger partial charge in [0.1, 0.15) is 6.61 Å². The van der Waals surface area contributed by atoms with Gasteiger partial charge >= 0.3 is 0 Å². The molecule has 2 nitrogen and oxygen atoms in total. The second-order valence-corrected chi connectivity index (χ2v) is 5.52. The molecule has 1 aliphatic rings. The molecule has 0 aromatic rings. The number of unbranched alkanes of at least 4 members (excludes halogenated alkanes) is 6. The molecule has 1 atom stereocenters. The molecular formula is C15H29NO. The maximum Gasteiger partial charge on any atom is 0.183 e. The minimum atomic E-state index is 0.412. The lowest BCUT2D eigenvalue weighted by atomic mass is 10.1. The zero-order valence-electron chi connectivity index (χ0n) is 11.9. The van der Waals surface area contributed by atoms with Crippen molar-refractivity contribution >= 4 is 5.90 Å². The van der Waals surface area contributed by atoms with Crippen LogP contribution in [0.4, 0.5) is 0 Å². The van der Waals surface area contributed by atoms with Crippen LogP contribution in [0.15, 0.2) is 4.99 Å². The molecule has 2 heteroatoms. The van der Waals surface area contributed by atoms with Crippen LogP contribution in [0.1, 0.15) is 72.1 Å². The minimum absolute atomic E-state index is 0.412. The Kier molecular flexibility index (Phi) is 7.30. The Morgan fingerprint density at radius 2 is 1.76 bits per heavy atom. The molecule has 0 N–H and O–H groups in total. The number of rotatable bonds is 9. The van der Waals surface area contributed by atoms with Crippen LogP contribution in [0.3, 0.4) is 0 Å². The third kappa shape index (κ3) is 6.09. The standard InChI is InChI=1S/C15H29NO/c1-4-5-6-7-8-9-10-11-15-16-14(12-17-15)13(2)3/h13-14H,4-12H2,1-3H3/t14-/m1/s1. The Hall–Kier alpha value is -0.530. The van der Waals surface area contributed by atoms with E-state index in [4.69, 9.17) is 4.74 Å². The monoisotopic (exact) mass is 239 g/mol. The number of hydrogen-bond donors (Lipinski definition) is 0. The Morgan fingerprint density at radius 3 is 2.35 bits per heavy atom. The Morgan fingerprint density at radius 1 is 1.12 bits per heavy atom. The Balaban J connectivity index is 1.98. The van der Waals surface area contributed by atoms with E-state index in [0.29, 0.717) is 12.0 Å². The fraction of sp³-hybridized carbons (Fsp3) is 0.933. The van der Waals surface area contributed by atoms with Gasteiger partial charge in [0.25, 0.3) is 0 Å². The molecule has 0 amide bonds. The van der Waals surface area contributed by atoms with Gasteiger partial charge in [-0.25, -0.2) is 4.99 Å². The molecule has 1 rings (SSSR count). The zero-order valence-corrected chi connectivity index (χ0v) is 11.9. The van der Waals surface area contributed by atoms with E-state index < -0.39 is 0 Å². The molecule has 0 spiro atoms. The molecule has 17 heavy (non-hydrogen) atoms. The first-order valence-electron chi connectivity index (χ1n) is 7.43. The second kappa shape index (κ2) is 8.54. The smallest absolute Gasteiger partial charge is 0.183 e. The number of ether oxygens (including phenoxy) is 1. The molecule has 0 bridgehead atoms. The van der Waals surface area contributed by atoms with Gasteiger partial charge in [-0.1, -0.05) is 59.3 Å². The van der Waals surface area contributed by atoms with Crippen LogP contribution in [0.25, 0.3) is 0 Å². The van der Waals surface area contributed by atoms with E-state index in [1.54, 1.807) is 0 Å². The van der Waals surface area contributed by atoms with Crippen LogP contribution < -0.4 is 0 Å². The van der Waals surface area contributed by atoms with E-state index in [1.807, 2.05) is 0 Å². The van der Waals surface area contributed by atoms with E-state index in [-0.39, 0.29) is 0 Å². The van der Waals surface area contributed by atoms with Crippen LogP contribution in [-0.2, 0) is 4.74 Å². The lowest BCUT2D eigenvalue weighted by Crippen LogP contribution is -2.13. The predicted molar refractivity (Wildman–Crippen MR) is 74.6 cm³/mol. The van der Waals surface area contributed by atoms with Gasteiger partial charge in [0, 0.05) is 6.42 Å². The van der Waals surface area contributed by atoms with E-state index in [9.17, 15) is 0 Å². The SMILES string of the molecule is CCCCCCCCCC1=N[C@@H](C(C)C)CO1. The van der Waals surface area contributed by atoms with Gasteiger partial charge in [-0.15, -0.1) is 0 Å². The molecule has 0 unspecified atom stereocenters. The quantitative estimate of drug-likeness (QED) is 0.540. The Labute approximate surface area is 107 Å². The van der Waals surface area contributed by atoms with E-state index in [0.717, 1.165) is 18.9 Å². The summed E-state index contributed by atoms with van der Waals surface area (Å²) in [6, 6.07) is 0.412. The molecule has 0 aromatic carbocycles. The van der Waals surface area contributed by atoms with Crippen LogP contribution in [0, 0.1) is 5.92 Å². The largest absolute Gasteiger partial charge is 0.479 e. The van der Waals surface area contributed by atoms with Crippen LogP contribution in [-0.4, -0.2) is 18.5 Å². The molecule has 1 heterocycles. The summed E-state index contributed by atoms with van der Waals surface area (Å²) in [4.78, 5) is 4.63. The van der Waals surface area contributed by atoms with Crippen molar-refractivity contribution in [2.75, 3.05) is 6.61 Å². The molecule has 0 saturated carbocycles. The van der Waals surface area contributed by atoms with Gasteiger partial charge in [0.2, 0.25) is 0 Å². The minimum Gasteiger partial charge on any atom is -0.479 e. The summed E-state index contributed by atoms with van der Waals surface area (Å²) in [6.45, 7) is 7.51. The van der Waals surface area contributed by atoms with Crippen molar-refractivity contribution in [3.8, 4) is 0 Å². The van der Waals surface area contributed by atoms with Crippen molar-refractivity contribution in [2.45, 2.75) is 78.2 Å². The molecule has 0 fully saturated rings. The third-order valence-electron chi connectivity index (χ3n) is 3.49. The van der Waals surface area contributed by atoms with Gasteiger partial charge in [-0.3, -0.25) is 0 Å². The normalized spacial score (nSPS) is 19.5. The van der Waals surface area contributed by atoms with Crippen molar-refractivity contribution in [3.05, 3.63) is 0 Å². The lowest BCUT2D eigenvalue weighted by Gasteiger charge is -2.06. The van der Waals surface area contributed by atoms with Crippen molar-refractivity contribution in [1.82, 2.24) is 0 Å². The molecule has 0 radical (unpaired) electrons. The summed E-state index contributed by atoms with van der Waals surface area (Å²) in [7, 11) is 0. The summed E-state index contributed by atoms with van der Waals surface area (Å²) in [5.74, 6) is 1.62. The number of hydrogen-bond acceptors (Lipinski definition) is 2. The highest BCUT2D eigenvalue weighted by atomic mass is 16.5. The maximum atomic E-state index is 5.62. The van der Waals surface area contributed by atoms with Crippen LogP contribution in [0.2, 0.25) is 0 Å². The topological polar surface area (TPSA) is 21.6 Å². The van der Waals surface area contributed by atoms with Crippen molar-refractivity contribution in [1.29, 1.82) is 0 Å². The van der Waals surface area contributed by atoms with E-state index in [2.05, 4.69) is 25.8 Å². The third-order valence-corrected chi connectivity index (χ3v) is 3.49. The fourth-order valence-corrected chi connectivity index (χ4v) is 2.15. The number of aliphatic imine (C=N–C) groups is 1. The van der Waals surface area contributed by atoms with Gasteiger partial charge in [0.05, 0.1) is 6.04 Å². The van der Waals surface area contributed by atoms with Crippen molar-refractivity contribution < 1.29 is 4.74 Å². The van der Waals surface area contributed by atoms with Crippen LogP contribution in [0.5, 0.6) is 0 Å². The lowest BCUT2D eigenvalue weighted by molar-refractivity contribution is 0.285. The molecule has 100 valence electrons. The van der Waals surface area contributed by atoms with Gasteiger partial charge in [-0.05, 0) is 12.3 Å². The van der Waals surface area contributed by atoms with Crippen molar-refractivity contribution in [3.63, 3.8) is 0 Å². The van der Waals surface area contributed by atoms with Gasteiger partial charge < -0.3 is 4.74 Å². The summed E-state index contributed by atoms with van der Waals surface area (Å²) in [6.07, 6.45) is 10.5. The van der Waals surface area contributed by atoms with Gasteiger partial charge in [0.15, 0.2) is 5.90 Å².